The van der Waals surface area contributed by atoms with Crippen LogP contribution in [-0.4, -0.2) is 5.11 Å². The summed E-state index contributed by atoms with van der Waals surface area (Å²) in [7, 11) is 0. The van der Waals surface area contributed by atoms with Gasteiger partial charge in [0.15, 0.2) is 0 Å². The van der Waals surface area contributed by atoms with E-state index < -0.39 is 0 Å². The van der Waals surface area contributed by atoms with Gasteiger partial charge in [-0.05, 0) is 0 Å². The molecule has 0 aromatic heterocycles. The van der Waals surface area contributed by atoms with Crippen molar-refractivity contribution in [2.75, 3.05) is 0 Å². The van der Waals surface area contributed by atoms with Gasteiger partial charge in [-0.3, -0.25) is 0 Å². The molecule has 1 aromatic rings. The van der Waals surface area contributed by atoms with Crippen molar-refractivity contribution in [1.29, 1.82) is 0 Å². The summed E-state index contributed by atoms with van der Waals surface area (Å²) in [6, 6.07) is 9.26. The molecule has 50 valence electrons. The molecule has 0 spiro atoms. The standard InChI is InChI=1S/C6H5O.Mo.H3P/c7-6-4-2-1-3-5-6;;/h2-5,7H;;1H3/q-1;;. The van der Waals surface area contributed by atoms with Crippen molar-refractivity contribution >= 4 is 9.90 Å². The monoisotopic (exact) mass is 225 g/mol. The Morgan fingerprint density at radius 3 is 1.89 bits per heavy atom. The van der Waals surface area contributed by atoms with E-state index in [0.717, 1.165) is 0 Å². The van der Waals surface area contributed by atoms with Crippen molar-refractivity contribution in [1.82, 2.24) is 0 Å². The second-order valence-electron chi connectivity index (χ2n) is 1.26. The van der Waals surface area contributed by atoms with E-state index >= 15 is 0 Å². The quantitative estimate of drug-likeness (QED) is 0.398. The van der Waals surface area contributed by atoms with Gasteiger partial charge in [-0.1, -0.05) is 0 Å². The summed E-state index contributed by atoms with van der Waals surface area (Å²) >= 11 is 0. The Balaban J connectivity index is 0. The van der Waals surface area contributed by atoms with Crippen molar-refractivity contribution in [3.05, 3.63) is 30.3 Å². The maximum Gasteiger partial charge on any atom is 0.00821 e. The zero-order chi connectivity index (χ0) is 5.11. The van der Waals surface area contributed by atoms with Crippen LogP contribution in [0.2, 0.25) is 0 Å². The van der Waals surface area contributed by atoms with Crippen molar-refractivity contribution in [2.24, 2.45) is 0 Å². The molecule has 0 aliphatic rings. The van der Waals surface area contributed by atoms with Crippen LogP contribution in [0.3, 0.4) is 0 Å². The molecule has 1 atom stereocenters. The van der Waals surface area contributed by atoms with Crippen molar-refractivity contribution in [3.63, 3.8) is 0 Å². The Morgan fingerprint density at radius 1 is 1.22 bits per heavy atom. The molecule has 0 heterocycles. The van der Waals surface area contributed by atoms with Gasteiger partial charge in [0.25, 0.3) is 0 Å². The summed E-state index contributed by atoms with van der Waals surface area (Å²) in [5, 5.41) is 8.61. The Hall–Kier alpha value is 0.138. The Kier molecular flexibility index (Phi) is 8.26. The molecule has 1 aromatic carbocycles. The predicted molar refractivity (Wildman–Crippen MR) is 38.0 cm³/mol. The third-order valence-corrected chi connectivity index (χ3v) is 0.701. The Bertz CT molecular complexity index is 143. The molecule has 0 amide bonds. The van der Waals surface area contributed by atoms with E-state index in [-0.39, 0.29) is 31.0 Å². The Labute approximate surface area is 72.4 Å². The molecule has 0 radical (unpaired) electrons. The number of aromatic hydroxyl groups is 1. The van der Waals surface area contributed by atoms with Crippen LogP contribution < -0.4 is 0 Å². The second-order valence-corrected chi connectivity index (χ2v) is 1.26. The van der Waals surface area contributed by atoms with E-state index in [9.17, 15) is 0 Å². The maximum atomic E-state index is 8.61. The molecule has 0 saturated heterocycles. The SMILES string of the molecule is Oc1cc[c-]cc1.P.[Mo]. The maximum absolute atomic E-state index is 8.61. The molecule has 1 rings (SSSR count). The van der Waals surface area contributed by atoms with Gasteiger partial charge in [-0.15, -0.1) is 12.1 Å². The first kappa shape index (κ1) is 11.9. The van der Waals surface area contributed by atoms with E-state index in [1.807, 2.05) is 0 Å². The summed E-state index contributed by atoms with van der Waals surface area (Å²) in [6.45, 7) is 0. The molecule has 1 unspecified atom stereocenters. The molecule has 1 nitrogen and oxygen atoms in total. The predicted octanol–water partition coefficient (Wildman–Crippen LogP) is 1.25. The zero-order valence-corrected chi connectivity index (χ0v) is 8.29. The molecule has 9 heavy (non-hydrogen) atoms. The van der Waals surface area contributed by atoms with Crippen LogP contribution in [0.25, 0.3) is 0 Å². The largest absolute Gasteiger partial charge is 0.533 e. The molecular formula is C6H8MoOP-. The van der Waals surface area contributed by atoms with Gasteiger partial charge in [0.1, 0.15) is 0 Å². The van der Waals surface area contributed by atoms with E-state index in [4.69, 9.17) is 5.11 Å². The van der Waals surface area contributed by atoms with Crippen LogP contribution in [0.5, 0.6) is 5.75 Å². The molecule has 3 heteroatoms. The van der Waals surface area contributed by atoms with Crippen LogP contribution in [0.4, 0.5) is 0 Å². The fraction of sp³-hybridized carbons (Fsp3) is 0. The van der Waals surface area contributed by atoms with Crippen LogP contribution in [0, 0.1) is 6.07 Å². The molecule has 0 aliphatic heterocycles. The molecule has 1 N–H and O–H groups in total. The first-order chi connectivity index (χ1) is 3.39. The number of phenolic OH excluding ortho intramolecular Hbond substituents is 1. The zero-order valence-electron chi connectivity index (χ0n) is 4.87. The number of hydrogen-bond donors (Lipinski definition) is 1. The Morgan fingerprint density at radius 2 is 1.67 bits per heavy atom. The van der Waals surface area contributed by atoms with Gasteiger partial charge in [-0.2, -0.15) is 28.1 Å². The van der Waals surface area contributed by atoms with Crippen molar-refractivity contribution in [2.45, 2.75) is 0 Å². The fourth-order valence-electron chi connectivity index (χ4n) is 0.378. The first-order valence-corrected chi connectivity index (χ1v) is 2.04. The summed E-state index contributed by atoms with van der Waals surface area (Å²) < 4.78 is 0. The second kappa shape index (κ2) is 6.26. The number of hydrogen-bond acceptors (Lipinski definition) is 1. The van der Waals surface area contributed by atoms with E-state index in [1.54, 1.807) is 24.3 Å². The van der Waals surface area contributed by atoms with Gasteiger partial charge in [0.05, 0.1) is 0 Å². The smallest absolute Gasteiger partial charge is 0.00821 e. The van der Waals surface area contributed by atoms with Crippen LogP contribution in [0.1, 0.15) is 0 Å². The fourth-order valence-corrected chi connectivity index (χ4v) is 0.378. The molecule has 0 bridgehead atoms. The summed E-state index contributed by atoms with van der Waals surface area (Å²) in [4.78, 5) is 0. The molecule has 0 fully saturated rings. The van der Waals surface area contributed by atoms with Crippen LogP contribution in [-0.2, 0) is 21.1 Å². The van der Waals surface area contributed by atoms with Crippen molar-refractivity contribution in [3.8, 4) is 5.75 Å². The molecular weight excluding hydrogens is 215 g/mol. The van der Waals surface area contributed by atoms with Gasteiger partial charge in [0.2, 0.25) is 0 Å². The summed E-state index contributed by atoms with van der Waals surface area (Å²) in [5.41, 5.74) is 0. The third-order valence-electron chi connectivity index (χ3n) is 0.701. The normalized spacial score (nSPS) is 6.67. The third kappa shape index (κ3) is 4.63. The van der Waals surface area contributed by atoms with E-state index in [1.165, 1.54) is 0 Å². The van der Waals surface area contributed by atoms with Gasteiger partial charge in [-0.25, -0.2) is 0 Å². The van der Waals surface area contributed by atoms with Crippen LogP contribution >= 0.6 is 9.90 Å². The summed E-state index contributed by atoms with van der Waals surface area (Å²) in [5.74, 6) is 0.291. The minimum Gasteiger partial charge on any atom is -0.533 e. The molecule has 0 aliphatic carbocycles. The number of benzene rings is 1. The van der Waals surface area contributed by atoms with E-state index in [0.29, 0.717) is 5.75 Å². The average molecular weight is 223 g/mol. The minimum absolute atomic E-state index is 0. The topological polar surface area (TPSA) is 20.2 Å². The van der Waals surface area contributed by atoms with E-state index in [2.05, 4.69) is 6.07 Å². The minimum atomic E-state index is 0. The number of rotatable bonds is 0. The van der Waals surface area contributed by atoms with Gasteiger partial charge >= 0.3 is 0 Å². The first-order valence-electron chi connectivity index (χ1n) is 2.04. The summed E-state index contributed by atoms with van der Waals surface area (Å²) in [6.07, 6.45) is 0. The van der Waals surface area contributed by atoms with Gasteiger partial charge < -0.3 is 5.11 Å². The molecule has 0 saturated carbocycles. The average Bonchev–Trinajstić information content (AvgIpc) is 1.69. The number of phenols is 1. The van der Waals surface area contributed by atoms with Gasteiger partial charge in [0, 0.05) is 26.8 Å². The van der Waals surface area contributed by atoms with Crippen LogP contribution in [0.15, 0.2) is 24.3 Å². The van der Waals surface area contributed by atoms with Crippen molar-refractivity contribution < 1.29 is 26.2 Å².